The summed E-state index contributed by atoms with van der Waals surface area (Å²) in [5.74, 6) is 0. The Morgan fingerprint density at radius 2 is 1.81 bits per heavy atom. The fraction of sp³-hybridized carbons (Fsp3) is 0.231. The number of nitrogens with zero attached hydrogens (tertiary/aromatic N) is 2. The molecule has 16 heavy (non-hydrogen) atoms. The van der Waals surface area contributed by atoms with Gasteiger partial charge in [0, 0.05) is 17.3 Å². The van der Waals surface area contributed by atoms with Crippen LogP contribution in [-0.4, -0.2) is 9.97 Å². The van der Waals surface area contributed by atoms with E-state index in [1.807, 2.05) is 18.2 Å². The lowest BCUT2D eigenvalue weighted by atomic mass is 9.92. The first-order valence-corrected chi connectivity index (χ1v) is 5.44. The molecule has 1 heterocycles. The van der Waals surface area contributed by atoms with Crippen molar-refractivity contribution in [1.29, 1.82) is 0 Å². The van der Waals surface area contributed by atoms with Crippen LogP contribution in [0, 0.1) is 0 Å². The van der Waals surface area contributed by atoms with E-state index < -0.39 is 0 Å². The summed E-state index contributed by atoms with van der Waals surface area (Å²) < 4.78 is 0. The Hall–Kier alpha value is -1.90. The van der Waals surface area contributed by atoms with Crippen molar-refractivity contribution < 1.29 is 0 Å². The zero-order chi connectivity index (χ0) is 11.0. The van der Waals surface area contributed by atoms with Gasteiger partial charge >= 0.3 is 0 Å². The van der Waals surface area contributed by atoms with E-state index in [0.717, 1.165) is 24.2 Å². The van der Waals surface area contributed by atoms with Crippen LogP contribution in [0.3, 0.4) is 0 Å². The van der Waals surface area contributed by atoms with E-state index in [2.05, 4.69) is 22.1 Å². The van der Waals surface area contributed by atoms with Crippen molar-refractivity contribution >= 4 is 5.69 Å². The molecule has 80 valence electrons. The van der Waals surface area contributed by atoms with Gasteiger partial charge in [0.05, 0.1) is 5.69 Å². The Kier molecular flexibility index (Phi) is 1.93. The lowest BCUT2D eigenvalue weighted by Gasteiger charge is -2.14. The van der Waals surface area contributed by atoms with E-state index in [1.165, 1.54) is 5.56 Å². The molecule has 0 aliphatic heterocycles. The molecule has 0 spiro atoms. The first-order valence-electron chi connectivity index (χ1n) is 5.44. The van der Waals surface area contributed by atoms with Gasteiger partial charge in [0.1, 0.15) is 6.33 Å². The molecule has 3 rings (SSSR count). The molecule has 0 radical (unpaired) electrons. The van der Waals surface area contributed by atoms with E-state index in [-0.39, 0.29) is 5.41 Å². The van der Waals surface area contributed by atoms with Crippen molar-refractivity contribution in [3.05, 3.63) is 54.1 Å². The van der Waals surface area contributed by atoms with Crippen molar-refractivity contribution in [2.75, 3.05) is 5.73 Å². The summed E-state index contributed by atoms with van der Waals surface area (Å²) in [7, 11) is 0. The monoisotopic (exact) mass is 211 g/mol. The Morgan fingerprint density at radius 1 is 1.06 bits per heavy atom. The molecule has 1 aliphatic carbocycles. The predicted octanol–water partition coefficient (Wildman–Crippen LogP) is 2.14. The Labute approximate surface area is 94.4 Å². The minimum Gasteiger partial charge on any atom is -0.399 e. The summed E-state index contributed by atoms with van der Waals surface area (Å²) >= 11 is 0. The maximum atomic E-state index is 5.70. The SMILES string of the molecule is Nc1ccc(C2(c3ccncn3)CC2)cc1. The second-order valence-electron chi connectivity index (χ2n) is 4.30. The van der Waals surface area contributed by atoms with Crippen LogP contribution in [0.5, 0.6) is 0 Å². The zero-order valence-electron chi connectivity index (χ0n) is 8.93. The van der Waals surface area contributed by atoms with E-state index in [9.17, 15) is 0 Å². The number of anilines is 1. The normalized spacial score (nSPS) is 17.0. The molecule has 0 bridgehead atoms. The summed E-state index contributed by atoms with van der Waals surface area (Å²) in [5, 5.41) is 0. The fourth-order valence-electron chi connectivity index (χ4n) is 2.19. The maximum absolute atomic E-state index is 5.70. The van der Waals surface area contributed by atoms with Gasteiger partial charge < -0.3 is 5.73 Å². The lowest BCUT2D eigenvalue weighted by Crippen LogP contribution is -2.10. The minimum absolute atomic E-state index is 0.122. The molecule has 2 aromatic rings. The molecule has 1 aromatic heterocycles. The van der Waals surface area contributed by atoms with Crippen LogP contribution in [-0.2, 0) is 5.41 Å². The Morgan fingerprint density at radius 3 is 2.38 bits per heavy atom. The maximum Gasteiger partial charge on any atom is 0.115 e. The van der Waals surface area contributed by atoms with Crippen LogP contribution in [0.15, 0.2) is 42.9 Å². The highest BCUT2D eigenvalue weighted by Gasteiger charge is 2.46. The van der Waals surface area contributed by atoms with Crippen LogP contribution >= 0.6 is 0 Å². The standard InChI is InChI=1S/C13H13N3/c14-11-3-1-10(2-4-11)13(6-7-13)12-5-8-15-9-16-12/h1-5,8-9H,6-7,14H2. The number of nitrogens with two attached hydrogens (primary N) is 1. The van der Waals surface area contributed by atoms with E-state index in [4.69, 9.17) is 5.73 Å². The summed E-state index contributed by atoms with van der Waals surface area (Å²) in [4.78, 5) is 8.33. The first-order chi connectivity index (χ1) is 7.81. The highest BCUT2D eigenvalue weighted by atomic mass is 14.8. The third-order valence-corrected chi connectivity index (χ3v) is 3.29. The van der Waals surface area contributed by atoms with Gasteiger partial charge in [0.25, 0.3) is 0 Å². The third-order valence-electron chi connectivity index (χ3n) is 3.29. The number of rotatable bonds is 2. The molecule has 0 unspecified atom stereocenters. The minimum atomic E-state index is 0.122. The van der Waals surface area contributed by atoms with Crippen molar-refractivity contribution in [3.8, 4) is 0 Å². The Bertz CT molecular complexity index is 486. The summed E-state index contributed by atoms with van der Waals surface area (Å²) in [5.41, 5.74) is 9.06. The van der Waals surface area contributed by atoms with E-state index in [1.54, 1.807) is 12.5 Å². The molecule has 1 aliphatic rings. The number of aromatic nitrogens is 2. The van der Waals surface area contributed by atoms with Gasteiger partial charge in [-0.25, -0.2) is 9.97 Å². The van der Waals surface area contributed by atoms with Gasteiger partial charge in [0.2, 0.25) is 0 Å². The van der Waals surface area contributed by atoms with Crippen molar-refractivity contribution in [2.45, 2.75) is 18.3 Å². The third kappa shape index (κ3) is 1.36. The first kappa shape index (κ1) is 9.33. The van der Waals surface area contributed by atoms with Gasteiger partial charge in [-0.2, -0.15) is 0 Å². The van der Waals surface area contributed by atoms with E-state index >= 15 is 0 Å². The van der Waals surface area contributed by atoms with Crippen LogP contribution in [0.25, 0.3) is 0 Å². The fourth-order valence-corrected chi connectivity index (χ4v) is 2.19. The van der Waals surface area contributed by atoms with Crippen LogP contribution in [0.1, 0.15) is 24.1 Å². The topological polar surface area (TPSA) is 51.8 Å². The van der Waals surface area contributed by atoms with Crippen LogP contribution < -0.4 is 5.73 Å². The van der Waals surface area contributed by atoms with Gasteiger partial charge in [-0.15, -0.1) is 0 Å². The molecule has 2 N–H and O–H groups in total. The number of nitrogen functional groups attached to an aromatic ring is 1. The molecular formula is C13H13N3. The molecular weight excluding hydrogens is 198 g/mol. The largest absolute Gasteiger partial charge is 0.399 e. The van der Waals surface area contributed by atoms with Crippen LogP contribution in [0.4, 0.5) is 5.69 Å². The lowest BCUT2D eigenvalue weighted by molar-refractivity contribution is 0.795. The molecule has 3 heteroatoms. The van der Waals surface area contributed by atoms with Gasteiger partial charge in [-0.3, -0.25) is 0 Å². The van der Waals surface area contributed by atoms with Gasteiger partial charge in [-0.1, -0.05) is 12.1 Å². The molecule has 1 saturated carbocycles. The van der Waals surface area contributed by atoms with Gasteiger partial charge in [-0.05, 0) is 36.6 Å². The average molecular weight is 211 g/mol. The Balaban J connectivity index is 2.03. The summed E-state index contributed by atoms with van der Waals surface area (Å²) in [6.07, 6.45) is 5.74. The molecule has 3 nitrogen and oxygen atoms in total. The predicted molar refractivity (Wildman–Crippen MR) is 62.9 cm³/mol. The average Bonchev–Trinajstić information content (AvgIpc) is 3.13. The highest BCUT2D eigenvalue weighted by molar-refractivity contribution is 5.47. The summed E-state index contributed by atoms with van der Waals surface area (Å²) in [6.45, 7) is 0. The molecule has 1 aromatic carbocycles. The number of benzene rings is 1. The molecule has 0 saturated heterocycles. The number of hydrogen-bond donors (Lipinski definition) is 1. The van der Waals surface area contributed by atoms with Crippen molar-refractivity contribution in [2.24, 2.45) is 0 Å². The molecule has 1 fully saturated rings. The number of hydrogen-bond acceptors (Lipinski definition) is 3. The molecule has 0 amide bonds. The van der Waals surface area contributed by atoms with Crippen molar-refractivity contribution in [1.82, 2.24) is 9.97 Å². The summed E-state index contributed by atoms with van der Waals surface area (Å²) in [6, 6.07) is 10.1. The second-order valence-corrected chi connectivity index (χ2v) is 4.30. The molecule has 0 atom stereocenters. The van der Waals surface area contributed by atoms with Crippen molar-refractivity contribution in [3.63, 3.8) is 0 Å². The van der Waals surface area contributed by atoms with E-state index in [0.29, 0.717) is 0 Å². The zero-order valence-corrected chi connectivity index (χ0v) is 8.93. The quantitative estimate of drug-likeness (QED) is 0.774. The highest BCUT2D eigenvalue weighted by Crippen LogP contribution is 2.52. The smallest absolute Gasteiger partial charge is 0.115 e. The second kappa shape index (κ2) is 3.30. The van der Waals surface area contributed by atoms with Crippen LogP contribution in [0.2, 0.25) is 0 Å². The van der Waals surface area contributed by atoms with Gasteiger partial charge in [0.15, 0.2) is 0 Å².